The standard InChI is InChI=1S/C35H40FN5O6/c1-34(2,3)47-30(43)17-19-35(33(44)38-20-18-24-9-13-27(36)14-10-24)31(29-8-5-4-7-26(29)23-39-41-37)46-32(40-35)25-11-15-28(16-12-25)45-22-6-21-42/h4-5,7-16,31,42H,6,17-23H2,1-3H3,(H,38,44)/t31-,35-/m1/s1. The third-order valence-electron chi connectivity index (χ3n) is 7.41. The maximum Gasteiger partial charge on any atom is 0.306 e. The van der Waals surface area contributed by atoms with E-state index in [0.29, 0.717) is 41.9 Å². The van der Waals surface area contributed by atoms with Crippen molar-refractivity contribution in [3.8, 4) is 5.75 Å². The van der Waals surface area contributed by atoms with Crippen molar-refractivity contribution < 1.29 is 33.3 Å². The van der Waals surface area contributed by atoms with Gasteiger partial charge in [0.2, 0.25) is 5.90 Å². The van der Waals surface area contributed by atoms with Gasteiger partial charge in [0.05, 0.1) is 13.2 Å². The molecule has 47 heavy (non-hydrogen) atoms. The topological polar surface area (TPSA) is 155 Å². The monoisotopic (exact) mass is 645 g/mol. The van der Waals surface area contributed by atoms with E-state index in [-0.39, 0.29) is 44.3 Å². The highest BCUT2D eigenvalue weighted by Crippen LogP contribution is 2.44. The molecule has 1 aliphatic heterocycles. The Hall–Kier alpha value is -4.93. The van der Waals surface area contributed by atoms with Gasteiger partial charge in [-0.15, -0.1) is 0 Å². The molecule has 11 nitrogen and oxygen atoms in total. The molecule has 3 aromatic rings. The first-order chi connectivity index (χ1) is 22.5. The lowest BCUT2D eigenvalue weighted by Gasteiger charge is -2.32. The largest absolute Gasteiger partial charge is 0.494 e. The van der Waals surface area contributed by atoms with Crippen molar-refractivity contribution in [3.63, 3.8) is 0 Å². The van der Waals surface area contributed by atoms with E-state index < -0.39 is 29.1 Å². The molecular formula is C35H40FN5O6. The second kappa shape index (κ2) is 16.1. The van der Waals surface area contributed by atoms with Gasteiger partial charge in [-0.25, -0.2) is 9.38 Å². The number of azide groups is 1. The molecule has 1 amide bonds. The molecule has 0 spiro atoms. The van der Waals surface area contributed by atoms with Gasteiger partial charge < -0.3 is 24.6 Å². The Bertz CT molecular complexity index is 1600. The van der Waals surface area contributed by atoms with Crippen LogP contribution >= 0.6 is 0 Å². The van der Waals surface area contributed by atoms with Gasteiger partial charge in [0.25, 0.3) is 5.91 Å². The van der Waals surface area contributed by atoms with Crippen LogP contribution in [0.3, 0.4) is 0 Å². The molecule has 248 valence electrons. The van der Waals surface area contributed by atoms with E-state index >= 15 is 0 Å². The predicted molar refractivity (Wildman–Crippen MR) is 174 cm³/mol. The minimum atomic E-state index is -1.61. The van der Waals surface area contributed by atoms with E-state index in [0.717, 1.165) is 5.56 Å². The van der Waals surface area contributed by atoms with Crippen molar-refractivity contribution in [2.24, 2.45) is 10.1 Å². The average molecular weight is 646 g/mol. The Labute approximate surface area is 273 Å². The number of benzene rings is 3. The van der Waals surface area contributed by atoms with Crippen LogP contribution in [0.2, 0.25) is 0 Å². The van der Waals surface area contributed by atoms with E-state index in [9.17, 15) is 14.0 Å². The van der Waals surface area contributed by atoms with Gasteiger partial charge in [-0.05, 0) is 92.2 Å². The van der Waals surface area contributed by atoms with Crippen LogP contribution in [0.1, 0.15) is 68.4 Å². The van der Waals surface area contributed by atoms with Crippen LogP contribution in [-0.4, -0.2) is 53.8 Å². The Morgan fingerprint density at radius 3 is 2.51 bits per heavy atom. The van der Waals surface area contributed by atoms with Crippen molar-refractivity contribution in [2.75, 3.05) is 19.8 Å². The number of hydrogen-bond donors (Lipinski definition) is 2. The fourth-order valence-corrected chi connectivity index (χ4v) is 5.20. The molecule has 12 heteroatoms. The lowest BCUT2D eigenvalue weighted by Crippen LogP contribution is -2.49. The smallest absolute Gasteiger partial charge is 0.306 e. The zero-order valence-electron chi connectivity index (χ0n) is 26.8. The summed E-state index contributed by atoms with van der Waals surface area (Å²) < 4.78 is 31.2. The summed E-state index contributed by atoms with van der Waals surface area (Å²) in [4.78, 5) is 35.2. The second-order valence-electron chi connectivity index (χ2n) is 12.1. The van der Waals surface area contributed by atoms with Gasteiger partial charge in [-0.3, -0.25) is 9.59 Å². The lowest BCUT2D eigenvalue weighted by molar-refractivity contribution is -0.155. The van der Waals surface area contributed by atoms with Crippen molar-refractivity contribution in [2.45, 2.75) is 70.2 Å². The predicted octanol–water partition coefficient (Wildman–Crippen LogP) is 6.13. The van der Waals surface area contributed by atoms with Crippen LogP contribution in [0.4, 0.5) is 4.39 Å². The summed E-state index contributed by atoms with van der Waals surface area (Å²) in [6.45, 7) is 5.90. The number of rotatable bonds is 15. The molecule has 4 rings (SSSR count). The van der Waals surface area contributed by atoms with Gasteiger partial charge in [0, 0.05) is 36.5 Å². The summed E-state index contributed by atoms with van der Waals surface area (Å²) in [6.07, 6.45) is -0.241. The molecule has 0 bridgehead atoms. The number of ether oxygens (including phenoxy) is 3. The molecule has 2 atom stereocenters. The molecule has 0 unspecified atom stereocenters. The van der Waals surface area contributed by atoms with Crippen LogP contribution in [0.15, 0.2) is 82.9 Å². The SMILES string of the molecule is CC(C)(C)OC(=O)CC[C@@]1(C(=O)NCCc2ccc(F)cc2)N=C(c2ccc(OCCCO)cc2)O[C@@H]1c1ccccc1CN=[N+]=[N-]. The van der Waals surface area contributed by atoms with Gasteiger partial charge in [-0.2, -0.15) is 0 Å². The molecular weight excluding hydrogens is 605 g/mol. The number of carbonyl (C=O) groups excluding carboxylic acids is 2. The van der Waals surface area contributed by atoms with E-state index in [1.807, 2.05) is 0 Å². The van der Waals surface area contributed by atoms with Gasteiger partial charge >= 0.3 is 5.97 Å². The summed E-state index contributed by atoms with van der Waals surface area (Å²) >= 11 is 0. The number of aliphatic hydroxyl groups excluding tert-OH is 1. The third kappa shape index (κ3) is 9.54. The second-order valence-corrected chi connectivity index (χ2v) is 12.1. The molecule has 0 radical (unpaired) electrons. The number of esters is 1. The lowest BCUT2D eigenvalue weighted by atomic mass is 9.81. The average Bonchev–Trinajstić information content (AvgIpc) is 3.44. The van der Waals surface area contributed by atoms with E-state index in [1.165, 1.54) is 12.1 Å². The summed E-state index contributed by atoms with van der Waals surface area (Å²) in [6, 6.07) is 20.2. The number of halogens is 1. The summed E-state index contributed by atoms with van der Waals surface area (Å²) in [5.41, 5.74) is 9.34. The Balaban J connectivity index is 1.74. The van der Waals surface area contributed by atoms with E-state index in [2.05, 4.69) is 15.3 Å². The maximum absolute atomic E-state index is 14.4. The zero-order valence-corrected chi connectivity index (χ0v) is 26.8. The highest BCUT2D eigenvalue weighted by Gasteiger charge is 2.53. The zero-order chi connectivity index (χ0) is 33.9. The van der Waals surface area contributed by atoms with Crippen LogP contribution in [0, 0.1) is 5.82 Å². The molecule has 0 aliphatic carbocycles. The first-order valence-corrected chi connectivity index (χ1v) is 15.5. The molecule has 3 aromatic carbocycles. The number of carbonyl (C=O) groups is 2. The van der Waals surface area contributed by atoms with E-state index in [4.69, 9.17) is 29.8 Å². The highest BCUT2D eigenvalue weighted by atomic mass is 19.1. The minimum Gasteiger partial charge on any atom is -0.494 e. The van der Waals surface area contributed by atoms with Gasteiger partial charge in [0.1, 0.15) is 17.2 Å². The minimum absolute atomic E-state index is 0.00999. The number of nitrogens with zero attached hydrogens (tertiary/aromatic N) is 4. The quantitative estimate of drug-likeness (QED) is 0.0666. The van der Waals surface area contributed by atoms with Crippen molar-refractivity contribution >= 4 is 17.8 Å². The first-order valence-electron chi connectivity index (χ1n) is 15.5. The van der Waals surface area contributed by atoms with E-state index in [1.54, 1.807) is 81.4 Å². The van der Waals surface area contributed by atoms with Crippen LogP contribution in [0.25, 0.3) is 10.4 Å². The number of amides is 1. The fraction of sp³-hybridized carbons (Fsp3) is 0.400. The Morgan fingerprint density at radius 2 is 1.83 bits per heavy atom. The fourth-order valence-electron chi connectivity index (χ4n) is 5.20. The summed E-state index contributed by atoms with van der Waals surface area (Å²) in [7, 11) is 0. The third-order valence-corrected chi connectivity index (χ3v) is 7.41. The van der Waals surface area contributed by atoms with Gasteiger partial charge in [-0.1, -0.05) is 41.5 Å². The normalized spacial score (nSPS) is 17.2. The highest BCUT2D eigenvalue weighted by molar-refractivity contribution is 6.01. The van der Waals surface area contributed by atoms with Crippen LogP contribution < -0.4 is 10.1 Å². The molecule has 1 heterocycles. The molecule has 0 aromatic heterocycles. The van der Waals surface area contributed by atoms with Crippen molar-refractivity contribution in [1.82, 2.24) is 5.32 Å². The number of aliphatic imine (C=N–C) groups is 1. The Morgan fingerprint density at radius 1 is 1.11 bits per heavy atom. The molecule has 2 N–H and O–H groups in total. The van der Waals surface area contributed by atoms with Crippen LogP contribution in [0.5, 0.6) is 5.75 Å². The number of hydrogen-bond acceptors (Lipinski definition) is 8. The summed E-state index contributed by atoms with van der Waals surface area (Å²) in [5.74, 6) is -0.535. The first kappa shape index (κ1) is 34.9. The molecule has 0 fully saturated rings. The molecule has 0 saturated heterocycles. The van der Waals surface area contributed by atoms with Gasteiger partial charge in [0.15, 0.2) is 11.6 Å². The number of nitrogens with one attached hydrogen (secondary N) is 1. The van der Waals surface area contributed by atoms with Crippen LogP contribution in [-0.2, 0) is 32.0 Å². The summed E-state index contributed by atoms with van der Waals surface area (Å²) in [5, 5.41) is 15.8. The Kier molecular flexibility index (Phi) is 11.9. The number of aliphatic hydroxyl groups is 1. The molecule has 0 saturated carbocycles. The van der Waals surface area contributed by atoms with Crippen molar-refractivity contribution in [3.05, 3.63) is 111 Å². The van der Waals surface area contributed by atoms with Crippen molar-refractivity contribution in [1.29, 1.82) is 0 Å². The molecule has 1 aliphatic rings. The maximum atomic E-state index is 14.4.